The zero-order chi connectivity index (χ0) is 17.4. The fraction of sp³-hybridized carbons (Fsp3) is 0.158. The van der Waals surface area contributed by atoms with Gasteiger partial charge in [-0.05, 0) is 23.5 Å². The van der Waals surface area contributed by atoms with Crippen molar-refractivity contribution in [3.63, 3.8) is 0 Å². The number of nitrogens with two attached hydrogens (primary N) is 1. The van der Waals surface area contributed by atoms with E-state index >= 15 is 0 Å². The second-order valence-corrected chi connectivity index (χ2v) is 6.16. The molecule has 3 N–H and O–H groups in total. The Labute approximate surface area is 143 Å². The molecular weight excluding hydrogens is 316 g/mol. The Hall–Kier alpha value is -3.28. The van der Waals surface area contributed by atoms with Crippen LogP contribution >= 0.6 is 0 Å². The summed E-state index contributed by atoms with van der Waals surface area (Å²) in [4.78, 5) is 35.5. The maximum Gasteiger partial charge on any atom is 0.262 e. The fourth-order valence-corrected chi connectivity index (χ4v) is 3.26. The van der Waals surface area contributed by atoms with E-state index < -0.39 is 0 Å². The van der Waals surface area contributed by atoms with Gasteiger partial charge in [-0.1, -0.05) is 42.5 Å². The van der Waals surface area contributed by atoms with Crippen LogP contribution in [0.5, 0.6) is 0 Å². The molecule has 6 heteroatoms. The molecule has 25 heavy (non-hydrogen) atoms. The number of carbonyl (C=O) groups excluding carboxylic acids is 1. The van der Waals surface area contributed by atoms with Crippen molar-refractivity contribution in [1.82, 2.24) is 15.0 Å². The van der Waals surface area contributed by atoms with Crippen LogP contribution in [0.25, 0.3) is 17.1 Å². The maximum atomic E-state index is 12.5. The van der Waals surface area contributed by atoms with E-state index in [1.165, 1.54) is 6.20 Å². The lowest BCUT2D eigenvalue weighted by atomic mass is 9.82. The van der Waals surface area contributed by atoms with Crippen molar-refractivity contribution in [3.8, 4) is 0 Å². The Balaban J connectivity index is 1.76. The van der Waals surface area contributed by atoms with Crippen LogP contribution in [0.3, 0.4) is 0 Å². The summed E-state index contributed by atoms with van der Waals surface area (Å²) in [6, 6.07) is 9.91. The number of nitrogens with one attached hydrogen (secondary N) is 1. The van der Waals surface area contributed by atoms with Gasteiger partial charge in [0.1, 0.15) is 0 Å². The number of nitrogens with zero attached hydrogens (tertiary/aromatic N) is 2. The highest BCUT2D eigenvalue weighted by Crippen LogP contribution is 2.29. The zero-order valence-electron chi connectivity index (χ0n) is 13.4. The Bertz CT molecular complexity index is 1050. The molecule has 124 valence electrons. The van der Waals surface area contributed by atoms with E-state index in [0.717, 1.165) is 5.56 Å². The number of nitrogen functional groups attached to an aromatic ring is 1. The normalized spacial score (nSPS) is 17.1. The van der Waals surface area contributed by atoms with Crippen LogP contribution in [0, 0.1) is 5.92 Å². The number of hydrogen-bond donors (Lipinski definition) is 2. The van der Waals surface area contributed by atoms with Crippen LogP contribution in [0.15, 0.2) is 47.4 Å². The summed E-state index contributed by atoms with van der Waals surface area (Å²) in [5.41, 5.74) is 7.80. The number of aromatic amines is 1. The van der Waals surface area contributed by atoms with Gasteiger partial charge in [0.25, 0.3) is 5.56 Å². The number of allylic oxidation sites excluding steroid dienone is 1. The number of fused-ring (bicyclic) bond motifs is 3. The van der Waals surface area contributed by atoms with Gasteiger partial charge in [0.05, 0.1) is 5.39 Å². The van der Waals surface area contributed by atoms with E-state index in [9.17, 15) is 9.59 Å². The molecule has 0 radical (unpaired) electrons. The van der Waals surface area contributed by atoms with Gasteiger partial charge in [0.2, 0.25) is 5.95 Å². The van der Waals surface area contributed by atoms with Gasteiger partial charge < -0.3 is 5.73 Å². The third-order valence-electron chi connectivity index (χ3n) is 4.44. The number of hydrogen-bond acceptors (Lipinski definition) is 5. The molecule has 0 fully saturated rings. The first-order chi connectivity index (χ1) is 12.1. The van der Waals surface area contributed by atoms with Gasteiger partial charge in [0, 0.05) is 18.2 Å². The summed E-state index contributed by atoms with van der Waals surface area (Å²) in [5, 5.41) is 0.359. The smallest absolute Gasteiger partial charge is 0.262 e. The molecule has 6 nitrogen and oxygen atoms in total. The van der Waals surface area contributed by atoms with E-state index in [1.54, 1.807) is 0 Å². The molecule has 1 atom stereocenters. The molecule has 0 unspecified atom stereocenters. The number of anilines is 1. The lowest BCUT2D eigenvalue weighted by Crippen LogP contribution is -2.23. The first-order valence-electron chi connectivity index (χ1n) is 8.05. The minimum atomic E-state index is -0.354. The topological polar surface area (TPSA) is 102 Å². The van der Waals surface area contributed by atoms with Gasteiger partial charge in [-0.2, -0.15) is 4.98 Å². The van der Waals surface area contributed by atoms with Crippen molar-refractivity contribution in [2.75, 3.05) is 5.73 Å². The average molecular weight is 332 g/mol. The van der Waals surface area contributed by atoms with Gasteiger partial charge in [-0.15, -0.1) is 0 Å². The number of benzene rings is 1. The Morgan fingerprint density at radius 1 is 1.16 bits per heavy atom. The van der Waals surface area contributed by atoms with E-state index in [1.807, 2.05) is 42.5 Å². The predicted molar refractivity (Wildman–Crippen MR) is 96.2 cm³/mol. The number of Topliss-reactive ketones (excluding diaryl/α,β-unsaturated/α-hetero) is 1. The molecule has 1 aliphatic rings. The maximum absolute atomic E-state index is 12.5. The Morgan fingerprint density at radius 2 is 1.96 bits per heavy atom. The molecule has 2 aromatic heterocycles. The second-order valence-electron chi connectivity index (χ2n) is 6.16. The van der Waals surface area contributed by atoms with Crippen molar-refractivity contribution >= 4 is 28.8 Å². The molecular formula is C19H16N4O2. The molecule has 1 aliphatic carbocycles. The summed E-state index contributed by atoms with van der Waals surface area (Å²) >= 11 is 0. The van der Waals surface area contributed by atoms with E-state index in [-0.39, 0.29) is 28.9 Å². The van der Waals surface area contributed by atoms with Crippen molar-refractivity contribution < 1.29 is 4.79 Å². The third kappa shape index (κ3) is 2.82. The van der Waals surface area contributed by atoms with Gasteiger partial charge in [-0.25, -0.2) is 4.98 Å². The second kappa shape index (κ2) is 5.98. The number of aromatic nitrogens is 3. The number of ketones is 1. The number of rotatable bonds is 2. The van der Waals surface area contributed by atoms with Crippen LogP contribution in [-0.2, 0) is 6.42 Å². The van der Waals surface area contributed by atoms with Crippen LogP contribution in [-0.4, -0.2) is 20.7 Å². The summed E-state index contributed by atoms with van der Waals surface area (Å²) < 4.78 is 0. The van der Waals surface area contributed by atoms with Crippen LogP contribution < -0.4 is 11.3 Å². The molecule has 3 aromatic rings. The summed E-state index contributed by atoms with van der Waals surface area (Å²) in [7, 11) is 0. The number of pyridine rings is 1. The highest BCUT2D eigenvalue weighted by Gasteiger charge is 2.27. The molecule has 2 heterocycles. The lowest BCUT2D eigenvalue weighted by molar-refractivity contribution is 0.0959. The van der Waals surface area contributed by atoms with Crippen LogP contribution in [0.4, 0.5) is 5.95 Å². The van der Waals surface area contributed by atoms with Crippen molar-refractivity contribution in [2.45, 2.75) is 12.8 Å². The predicted octanol–water partition coefficient (Wildman–Crippen LogP) is 2.36. The largest absolute Gasteiger partial charge is 0.369 e. The van der Waals surface area contributed by atoms with Crippen LogP contribution in [0.1, 0.15) is 27.9 Å². The van der Waals surface area contributed by atoms with Crippen molar-refractivity contribution in [2.24, 2.45) is 5.92 Å². The molecule has 1 aromatic carbocycles. The summed E-state index contributed by atoms with van der Waals surface area (Å²) in [6.07, 6.45) is 6.54. The first kappa shape index (κ1) is 15.3. The fourth-order valence-electron chi connectivity index (χ4n) is 3.26. The minimum absolute atomic E-state index is 0.00501. The minimum Gasteiger partial charge on any atom is -0.369 e. The Morgan fingerprint density at radius 3 is 2.76 bits per heavy atom. The lowest BCUT2D eigenvalue weighted by Gasteiger charge is -2.21. The molecule has 0 aliphatic heterocycles. The summed E-state index contributed by atoms with van der Waals surface area (Å²) in [6.45, 7) is 0. The SMILES string of the molecule is Nc1nc2ncc3c(c2c(=O)[nH]1)C[C@H](/C=C/c1ccccc1)CC3=O. The third-order valence-corrected chi connectivity index (χ3v) is 4.44. The van der Waals surface area contributed by atoms with Crippen LogP contribution in [0.2, 0.25) is 0 Å². The average Bonchev–Trinajstić information content (AvgIpc) is 2.60. The quantitative estimate of drug-likeness (QED) is 0.750. The highest BCUT2D eigenvalue weighted by atomic mass is 16.1. The van der Waals surface area contributed by atoms with E-state index in [2.05, 4.69) is 15.0 Å². The monoisotopic (exact) mass is 332 g/mol. The van der Waals surface area contributed by atoms with Crippen molar-refractivity contribution in [3.05, 3.63) is 69.6 Å². The Kier molecular flexibility index (Phi) is 3.65. The highest BCUT2D eigenvalue weighted by molar-refractivity contribution is 6.02. The standard InChI is InChI=1S/C19H16N4O2/c20-19-22-17-16(18(25)23-19)13-8-12(9-15(24)14(13)10-21-17)7-6-11-4-2-1-3-5-11/h1-7,10,12H,8-9H2,(H3,20,21,22,23,25)/b7-6+/t12-/m0/s1. The van der Waals surface area contributed by atoms with Gasteiger partial charge >= 0.3 is 0 Å². The number of H-pyrrole nitrogens is 1. The molecule has 0 saturated carbocycles. The first-order valence-corrected chi connectivity index (χ1v) is 8.05. The van der Waals surface area contributed by atoms with Crippen molar-refractivity contribution in [1.29, 1.82) is 0 Å². The van der Waals surface area contributed by atoms with Gasteiger partial charge in [0.15, 0.2) is 11.4 Å². The molecule has 0 saturated heterocycles. The molecule has 4 rings (SSSR count). The van der Waals surface area contributed by atoms with E-state index in [0.29, 0.717) is 29.4 Å². The molecule has 0 spiro atoms. The molecule has 0 bridgehead atoms. The summed E-state index contributed by atoms with van der Waals surface area (Å²) in [5.74, 6) is 0.0463. The number of carbonyl (C=O) groups is 1. The van der Waals surface area contributed by atoms with E-state index in [4.69, 9.17) is 5.73 Å². The van der Waals surface area contributed by atoms with Gasteiger partial charge in [-0.3, -0.25) is 14.6 Å². The molecule has 0 amide bonds. The zero-order valence-corrected chi connectivity index (χ0v) is 13.4.